The first-order valence-corrected chi connectivity index (χ1v) is 14.9. The maximum atomic E-state index is 13.3. The van der Waals surface area contributed by atoms with Crippen molar-refractivity contribution in [2.24, 2.45) is 18.9 Å². The number of aliphatic hydroxyl groups is 1. The van der Waals surface area contributed by atoms with Crippen molar-refractivity contribution in [1.82, 2.24) is 24.3 Å². The Morgan fingerprint density at radius 2 is 1.65 bits per heavy atom. The number of aromatic nitrogens is 2. The molecule has 40 heavy (non-hydrogen) atoms. The molecule has 2 amide bonds. The average molecular weight is 556 g/mol. The van der Waals surface area contributed by atoms with Crippen molar-refractivity contribution in [3.05, 3.63) is 34.2 Å². The van der Waals surface area contributed by atoms with E-state index in [2.05, 4.69) is 16.3 Å². The van der Waals surface area contributed by atoms with Crippen LogP contribution in [0.15, 0.2) is 23.0 Å². The number of aryl methyl sites for hydroxylation is 1. The van der Waals surface area contributed by atoms with Crippen molar-refractivity contribution in [2.45, 2.75) is 90.1 Å². The van der Waals surface area contributed by atoms with Crippen LogP contribution in [0.3, 0.4) is 0 Å². The minimum absolute atomic E-state index is 0.192. The average Bonchev–Trinajstić information content (AvgIpc) is 3.15. The molecule has 2 unspecified atom stereocenters. The van der Waals surface area contributed by atoms with Gasteiger partial charge in [-0.1, -0.05) is 12.1 Å². The molecule has 1 aromatic heterocycles. The van der Waals surface area contributed by atoms with Gasteiger partial charge in [-0.2, -0.15) is 0 Å². The van der Waals surface area contributed by atoms with E-state index in [1.807, 2.05) is 37.8 Å². The third kappa shape index (κ3) is 6.22. The predicted molar refractivity (Wildman–Crippen MR) is 153 cm³/mol. The molecule has 0 saturated carbocycles. The van der Waals surface area contributed by atoms with Crippen molar-refractivity contribution in [3.8, 4) is 0 Å². The molecule has 2 N–H and O–H groups in total. The molecule has 3 saturated heterocycles. The van der Waals surface area contributed by atoms with Crippen molar-refractivity contribution in [1.29, 1.82) is 0 Å². The van der Waals surface area contributed by atoms with Gasteiger partial charge in [-0.3, -0.25) is 18.8 Å². The Morgan fingerprint density at radius 3 is 2.27 bits per heavy atom. The molecule has 2 aromatic rings. The normalized spacial score (nSPS) is 23.9. The molecule has 2 atom stereocenters. The monoisotopic (exact) mass is 555 g/mol. The second-order valence-electron chi connectivity index (χ2n) is 13.0. The third-order valence-corrected chi connectivity index (χ3v) is 8.86. The fraction of sp³-hybridized carbons (Fsp3) is 0.700. The van der Waals surface area contributed by atoms with E-state index in [0.29, 0.717) is 24.7 Å². The number of aliphatic hydroxyl groups excluding tert-OH is 1. The summed E-state index contributed by atoms with van der Waals surface area (Å²) in [6.45, 7) is 10.1. The van der Waals surface area contributed by atoms with Gasteiger partial charge in [-0.25, -0.2) is 9.59 Å². The molecule has 3 aliphatic rings. The van der Waals surface area contributed by atoms with Crippen molar-refractivity contribution in [3.63, 3.8) is 0 Å². The predicted octanol–water partition coefficient (Wildman–Crippen LogP) is 3.36. The van der Waals surface area contributed by atoms with Gasteiger partial charge in [0.05, 0.1) is 11.0 Å². The molecule has 0 aliphatic carbocycles. The molecular formula is C30H45N5O5. The zero-order chi connectivity index (χ0) is 28.6. The van der Waals surface area contributed by atoms with Gasteiger partial charge in [-0.05, 0) is 102 Å². The maximum absolute atomic E-state index is 13.3. The van der Waals surface area contributed by atoms with Crippen LogP contribution >= 0.6 is 0 Å². The van der Waals surface area contributed by atoms with Crippen LogP contribution in [0, 0.1) is 11.8 Å². The van der Waals surface area contributed by atoms with Crippen LogP contribution in [-0.2, 0) is 23.1 Å². The summed E-state index contributed by atoms with van der Waals surface area (Å²) in [4.78, 5) is 42.6. The minimum atomic E-state index is -0.849. The molecule has 4 heterocycles. The van der Waals surface area contributed by atoms with Gasteiger partial charge in [0, 0.05) is 26.7 Å². The van der Waals surface area contributed by atoms with Crippen LogP contribution in [0.5, 0.6) is 0 Å². The fourth-order valence-corrected chi connectivity index (χ4v) is 6.74. The largest absolute Gasteiger partial charge is 0.444 e. The Balaban J connectivity index is 1.16. The maximum Gasteiger partial charge on any atom is 0.410 e. The lowest BCUT2D eigenvalue weighted by atomic mass is 9.83. The van der Waals surface area contributed by atoms with E-state index in [0.717, 1.165) is 75.0 Å². The van der Waals surface area contributed by atoms with Crippen LogP contribution < -0.4 is 11.0 Å². The molecule has 0 radical (unpaired) electrons. The summed E-state index contributed by atoms with van der Waals surface area (Å²) in [7, 11) is 1.78. The zero-order valence-electron chi connectivity index (χ0n) is 24.4. The van der Waals surface area contributed by atoms with E-state index in [1.54, 1.807) is 16.2 Å². The molecule has 3 fully saturated rings. The van der Waals surface area contributed by atoms with Crippen LogP contribution in [0.4, 0.5) is 4.79 Å². The van der Waals surface area contributed by atoms with Crippen LogP contribution in [-0.4, -0.2) is 74.0 Å². The Morgan fingerprint density at radius 1 is 1.00 bits per heavy atom. The molecule has 0 spiro atoms. The Bertz CT molecular complexity index is 1280. The molecule has 1 aromatic carbocycles. The highest BCUT2D eigenvalue weighted by Crippen LogP contribution is 2.32. The van der Waals surface area contributed by atoms with Gasteiger partial charge in [0.1, 0.15) is 17.9 Å². The van der Waals surface area contributed by atoms with Gasteiger partial charge in [0.25, 0.3) is 0 Å². The summed E-state index contributed by atoms with van der Waals surface area (Å²) in [5, 5.41) is 12.4. The molecule has 10 heteroatoms. The van der Waals surface area contributed by atoms with E-state index >= 15 is 0 Å². The number of hydrogen-bond acceptors (Lipinski definition) is 6. The summed E-state index contributed by atoms with van der Waals surface area (Å²) in [5.41, 5.74) is 2.09. The summed E-state index contributed by atoms with van der Waals surface area (Å²) in [6, 6.07) is 5.36. The van der Waals surface area contributed by atoms with E-state index in [1.165, 1.54) is 6.42 Å². The van der Waals surface area contributed by atoms with Crippen molar-refractivity contribution >= 4 is 23.0 Å². The van der Waals surface area contributed by atoms with Crippen molar-refractivity contribution in [2.75, 3.05) is 26.2 Å². The third-order valence-electron chi connectivity index (χ3n) is 8.86. The lowest BCUT2D eigenvalue weighted by Gasteiger charge is -2.37. The highest BCUT2D eigenvalue weighted by molar-refractivity contribution is 5.86. The smallest absolute Gasteiger partial charge is 0.410 e. The molecule has 5 rings (SSSR count). The number of nitrogens with zero attached hydrogens (tertiary/aromatic N) is 4. The van der Waals surface area contributed by atoms with Crippen LogP contribution in [0.2, 0.25) is 0 Å². The second kappa shape index (κ2) is 11.6. The number of hydrogen-bond donors (Lipinski definition) is 2. The first-order chi connectivity index (χ1) is 19.0. The van der Waals surface area contributed by atoms with Crippen LogP contribution in [0.1, 0.15) is 77.3 Å². The molecule has 10 nitrogen and oxygen atoms in total. The number of carbonyl (C=O) groups excluding carboxylic acids is 2. The zero-order valence-corrected chi connectivity index (χ0v) is 24.4. The molecule has 220 valence electrons. The molecule has 3 aliphatic heterocycles. The number of para-hydroxylation sites is 1. The van der Waals surface area contributed by atoms with E-state index < -0.39 is 17.9 Å². The number of ether oxygens (including phenoxy) is 1. The Hall–Kier alpha value is -2.85. The topological polar surface area (TPSA) is 109 Å². The van der Waals surface area contributed by atoms with Gasteiger partial charge in [-0.15, -0.1) is 0 Å². The van der Waals surface area contributed by atoms with Crippen molar-refractivity contribution < 1.29 is 19.4 Å². The highest BCUT2D eigenvalue weighted by Gasteiger charge is 2.32. The number of piperidine rings is 3. The van der Waals surface area contributed by atoms with Gasteiger partial charge in [0.15, 0.2) is 0 Å². The van der Waals surface area contributed by atoms with E-state index in [-0.39, 0.29) is 17.7 Å². The van der Waals surface area contributed by atoms with E-state index in [4.69, 9.17) is 4.74 Å². The number of rotatable bonds is 5. The molecular weight excluding hydrogens is 510 g/mol. The summed E-state index contributed by atoms with van der Waals surface area (Å²) >= 11 is 0. The number of amides is 2. The summed E-state index contributed by atoms with van der Waals surface area (Å²) < 4.78 is 8.80. The van der Waals surface area contributed by atoms with E-state index in [9.17, 15) is 19.5 Å². The second-order valence-corrected chi connectivity index (χ2v) is 13.0. The quantitative estimate of drug-likeness (QED) is 0.586. The number of imidazole rings is 1. The van der Waals surface area contributed by atoms with Gasteiger partial charge in [0.2, 0.25) is 5.91 Å². The molecule has 0 bridgehead atoms. The van der Waals surface area contributed by atoms with Gasteiger partial charge >= 0.3 is 11.8 Å². The lowest BCUT2D eigenvalue weighted by molar-refractivity contribution is -0.130. The number of fused-ring (bicyclic) bond motifs is 1. The summed E-state index contributed by atoms with van der Waals surface area (Å²) in [5.74, 6) is 1.06. The number of carbonyl (C=O) groups is 2. The standard InChI is InChI=1S/C30H45N5O5/c1-30(2,3)40-29(39)34-16-12-21(13-17-34)18-20-10-14-33(15-11-20)19-22-6-5-7-23-26(22)32(4)28(38)35(23)24-8-9-25(36)31-27(24)37/h5-7,20-21,24-25,36H,8-19H2,1-4H3,(H,31,37). The minimum Gasteiger partial charge on any atom is -0.444 e. The SMILES string of the molecule is Cn1c(=O)n(C2CCC(O)NC2=O)c2cccc(CN3CCC(CC4CCN(C(=O)OC(C)(C)C)CC4)CC3)c21. The van der Waals surface area contributed by atoms with Gasteiger partial charge < -0.3 is 20.1 Å². The number of likely N-dealkylation sites (tertiary alicyclic amines) is 2. The lowest BCUT2D eigenvalue weighted by Crippen LogP contribution is -2.46. The number of benzene rings is 1. The fourth-order valence-electron chi connectivity index (χ4n) is 6.74. The Kier molecular flexibility index (Phi) is 8.29. The number of nitrogens with one attached hydrogen (secondary N) is 1. The first kappa shape index (κ1) is 28.7. The van der Waals surface area contributed by atoms with Crippen LogP contribution in [0.25, 0.3) is 11.0 Å². The first-order valence-electron chi connectivity index (χ1n) is 14.9. The summed E-state index contributed by atoms with van der Waals surface area (Å²) in [6.07, 6.45) is 5.46. The highest BCUT2D eigenvalue weighted by atomic mass is 16.6. The Labute approximate surface area is 236 Å².